The lowest BCUT2D eigenvalue weighted by molar-refractivity contribution is -0.174. The Morgan fingerprint density at radius 3 is 2.31 bits per heavy atom. The Kier molecular flexibility index (Phi) is 5.60. The molecule has 11 atom stereocenters. The molecule has 4 aliphatic rings. The summed E-state index contributed by atoms with van der Waals surface area (Å²) in [4.78, 5) is 11.4. The number of rotatable bonds is 4. The Bertz CT molecular complexity index is 634. The monoisotopic (exact) mass is 406 g/mol. The normalized spacial score (nSPS) is 51.4. The summed E-state index contributed by atoms with van der Waals surface area (Å²) in [5.74, 6) is 2.02. The third-order valence-electron chi connectivity index (χ3n) is 10.6. The maximum Gasteiger partial charge on any atom is 0.306 e. The van der Waals surface area contributed by atoms with Gasteiger partial charge in [-0.15, -0.1) is 0 Å². The van der Waals surface area contributed by atoms with Crippen molar-refractivity contribution in [3.8, 4) is 0 Å². The molecular formula is C25H42O4. The zero-order chi connectivity index (χ0) is 21.1. The molecule has 4 fully saturated rings. The van der Waals surface area contributed by atoms with Crippen LogP contribution in [0.5, 0.6) is 0 Å². The summed E-state index contributed by atoms with van der Waals surface area (Å²) in [6.07, 6.45) is 8.87. The van der Waals surface area contributed by atoms with Crippen LogP contribution < -0.4 is 0 Å². The third-order valence-corrected chi connectivity index (χ3v) is 10.6. The molecule has 4 saturated carbocycles. The first kappa shape index (κ1) is 21.6. The number of hydrogen-bond donors (Lipinski definition) is 3. The fraction of sp³-hybridized carbons (Fsp3) is 0.960. The Balaban J connectivity index is 1.56. The van der Waals surface area contributed by atoms with Gasteiger partial charge < -0.3 is 15.3 Å². The predicted molar refractivity (Wildman–Crippen MR) is 113 cm³/mol. The number of carboxylic acid groups (broad SMARTS) is 1. The van der Waals surface area contributed by atoms with Crippen LogP contribution >= 0.6 is 0 Å². The van der Waals surface area contributed by atoms with Gasteiger partial charge in [0.15, 0.2) is 0 Å². The number of carboxylic acids is 1. The molecule has 0 aromatic heterocycles. The summed E-state index contributed by atoms with van der Waals surface area (Å²) >= 11 is 0. The van der Waals surface area contributed by atoms with Gasteiger partial charge in [0, 0.05) is 0 Å². The van der Waals surface area contributed by atoms with Gasteiger partial charge in [0.1, 0.15) is 0 Å². The summed E-state index contributed by atoms with van der Waals surface area (Å²) in [6.45, 7) is 9.02. The molecule has 0 heterocycles. The summed E-state index contributed by atoms with van der Waals surface area (Å²) in [6, 6.07) is 0. The Morgan fingerprint density at radius 2 is 1.62 bits per heavy atom. The first-order valence-corrected chi connectivity index (χ1v) is 12.2. The molecule has 4 heteroatoms. The van der Waals surface area contributed by atoms with Crippen LogP contribution in [-0.4, -0.2) is 33.5 Å². The van der Waals surface area contributed by atoms with Gasteiger partial charge in [-0.3, -0.25) is 4.79 Å². The van der Waals surface area contributed by atoms with Crippen molar-refractivity contribution in [3.05, 3.63) is 0 Å². The molecule has 4 aliphatic carbocycles. The average molecular weight is 407 g/mol. The summed E-state index contributed by atoms with van der Waals surface area (Å²) < 4.78 is 0. The molecule has 0 bridgehead atoms. The Morgan fingerprint density at radius 1 is 0.966 bits per heavy atom. The zero-order valence-electron chi connectivity index (χ0n) is 18.8. The molecular weight excluding hydrogens is 364 g/mol. The van der Waals surface area contributed by atoms with Crippen molar-refractivity contribution in [3.63, 3.8) is 0 Å². The van der Waals surface area contributed by atoms with E-state index in [9.17, 15) is 20.1 Å². The lowest BCUT2D eigenvalue weighted by atomic mass is 9.43. The van der Waals surface area contributed by atoms with Crippen LogP contribution in [0.25, 0.3) is 0 Å². The molecule has 0 aliphatic heterocycles. The molecule has 0 unspecified atom stereocenters. The standard InChI is InChI=1S/C25H42O4/c1-14(11-15(2)23(28)29)18-5-6-19-22-20(8-10-25(18,19)4)24(3)9-7-17(26)12-16(24)13-21(22)27/h14-22,26-27H,5-13H2,1-4H3,(H,28,29)/t14-,15-,16+,17-,18-,19+,20+,21+,22+,24+,25-/m1/s1. The van der Waals surface area contributed by atoms with Crippen molar-refractivity contribution in [1.82, 2.24) is 0 Å². The van der Waals surface area contributed by atoms with E-state index in [1.807, 2.05) is 6.92 Å². The fourth-order valence-corrected chi connectivity index (χ4v) is 9.00. The summed E-state index contributed by atoms with van der Waals surface area (Å²) in [5.41, 5.74) is 0.503. The van der Waals surface area contributed by atoms with Gasteiger partial charge in [-0.2, -0.15) is 0 Å². The van der Waals surface area contributed by atoms with Crippen LogP contribution in [0.1, 0.15) is 85.5 Å². The molecule has 29 heavy (non-hydrogen) atoms. The highest BCUT2D eigenvalue weighted by Gasteiger charge is 2.62. The molecule has 0 amide bonds. The molecule has 0 radical (unpaired) electrons. The van der Waals surface area contributed by atoms with Crippen LogP contribution in [0, 0.1) is 52.3 Å². The van der Waals surface area contributed by atoms with E-state index in [1.165, 1.54) is 25.7 Å². The van der Waals surface area contributed by atoms with Crippen molar-refractivity contribution >= 4 is 5.97 Å². The number of carbonyl (C=O) groups is 1. The van der Waals surface area contributed by atoms with Crippen LogP contribution in [0.2, 0.25) is 0 Å². The Labute approximate surface area is 176 Å². The van der Waals surface area contributed by atoms with Crippen LogP contribution in [-0.2, 0) is 4.79 Å². The van der Waals surface area contributed by atoms with Gasteiger partial charge in [-0.1, -0.05) is 27.7 Å². The Hall–Kier alpha value is -0.610. The lowest BCUT2D eigenvalue weighted by Gasteiger charge is -2.62. The number of hydrogen-bond acceptors (Lipinski definition) is 3. The summed E-state index contributed by atoms with van der Waals surface area (Å²) in [5, 5.41) is 30.9. The van der Waals surface area contributed by atoms with E-state index in [2.05, 4.69) is 20.8 Å². The zero-order valence-corrected chi connectivity index (χ0v) is 18.8. The third kappa shape index (κ3) is 3.37. The van der Waals surface area contributed by atoms with E-state index in [4.69, 9.17) is 0 Å². The van der Waals surface area contributed by atoms with E-state index in [1.54, 1.807) is 0 Å². The van der Waals surface area contributed by atoms with E-state index >= 15 is 0 Å². The predicted octanol–water partition coefficient (Wildman–Crippen LogP) is 4.72. The highest BCUT2D eigenvalue weighted by Crippen LogP contribution is 2.68. The lowest BCUT2D eigenvalue weighted by Crippen LogP contribution is -2.58. The van der Waals surface area contributed by atoms with Crippen LogP contribution in [0.15, 0.2) is 0 Å². The molecule has 4 rings (SSSR count). The molecule has 4 nitrogen and oxygen atoms in total. The number of aliphatic hydroxyl groups excluding tert-OH is 2. The second-order valence-corrected chi connectivity index (χ2v) is 11.9. The minimum atomic E-state index is -0.679. The van der Waals surface area contributed by atoms with Gasteiger partial charge in [-0.05, 0) is 104 Å². The maximum absolute atomic E-state index is 11.4. The number of aliphatic hydroxyl groups is 2. The molecule has 0 aromatic carbocycles. The van der Waals surface area contributed by atoms with E-state index in [-0.39, 0.29) is 29.0 Å². The first-order chi connectivity index (χ1) is 13.6. The number of aliphatic carboxylic acids is 1. The van der Waals surface area contributed by atoms with Crippen LogP contribution in [0.4, 0.5) is 0 Å². The van der Waals surface area contributed by atoms with E-state index < -0.39 is 5.97 Å². The van der Waals surface area contributed by atoms with Crippen molar-refractivity contribution in [2.45, 2.75) is 97.7 Å². The van der Waals surface area contributed by atoms with Crippen molar-refractivity contribution in [1.29, 1.82) is 0 Å². The molecule has 166 valence electrons. The SMILES string of the molecule is C[C@H](C[C@@H](C)[C@H]1CC[C@H]2[C@@H]3[C@@H](O)C[C@@H]4C[C@H](O)CC[C@]4(C)[C@H]3CC[C@]12C)C(=O)O. The minimum absolute atomic E-state index is 0.182. The number of fused-ring (bicyclic) bond motifs is 5. The summed E-state index contributed by atoms with van der Waals surface area (Å²) in [7, 11) is 0. The molecule has 0 aromatic rings. The maximum atomic E-state index is 11.4. The smallest absolute Gasteiger partial charge is 0.306 e. The largest absolute Gasteiger partial charge is 0.481 e. The highest BCUT2D eigenvalue weighted by molar-refractivity contribution is 5.69. The quantitative estimate of drug-likeness (QED) is 0.631. The van der Waals surface area contributed by atoms with Gasteiger partial charge in [0.05, 0.1) is 18.1 Å². The topological polar surface area (TPSA) is 77.8 Å². The van der Waals surface area contributed by atoms with Crippen molar-refractivity contribution in [2.24, 2.45) is 52.3 Å². The molecule has 0 spiro atoms. The van der Waals surface area contributed by atoms with Crippen molar-refractivity contribution in [2.75, 3.05) is 0 Å². The van der Waals surface area contributed by atoms with Crippen molar-refractivity contribution < 1.29 is 20.1 Å². The van der Waals surface area contributed by atoms with Gasteiger partial charge in [-0.25, -0.2) is 0 Å². The van der Waals surface area contributed by atoms with E-state index in [0.717, 1.165) is 32.1 Å². The molecule has 0 saturated heterocycles. The highest BCUT2D eigenvalue weighted by atomic mass is 16.4. The van der Waals surface area contributed by atoms with E-state index in [0.29, 0.717) is 35.5 Å². The second-order valence-electron chi connectivity index (χ2n) is 11.9. The van der Waals surface area contributed by atoms with Crippen LogP contribution in [0.3, 0.4) is 0 Å². The van der Waals surface area contributed by atoms with Gasteiger partial charge in [0.2, 0.25) is 0 Å². The van der Waals surface area contributed by atoms with Gasteiger partial charge in [0.25, 0.3) is 0 Å². The fourth-order valence-electron chi connectivity index (χ4n) is 9.00. The second kappa shape index (κ2) is 7.51. The van der Waals surface area contributed by atoms with Gasteiger partial charge >= 0.3 is 5.97 Å². The molecule has 3 N–H and O–H groups in total. The average Bonchev–Trinajstić information content (AvgIpc) is 3.00. The minimum Gasteiger partial charge on any atom is -0.481 e. The first-order valence-electron chi connectivity index (χ1n) is 12.2.